The lowest BCUT2D eigenvalue weighted by Crippen LogP contribution is -2.30. The van der Waals surface area contributed by atoms with Crippen molar-refractivity contribution >= 4 is 11.9 Å². The quantitative estimate of drug-likeness (QED) is 0.846. The molecule has 1 amide bonds. The Kier molecular flexibility index (Phi) is 6.79. The molecule has 1 N–H and O–H groups in total. The van der Waals surface area contributed by atoms with E-state index in [-0.39, 0.29) is 11.9 Å². The number of nitrogens with one attached hydrogen (secondary N) is 1. The third kappa shape index (κ3) is 5.52. The van der Waals surface area contributed by atoms with Crippen LogP contribution < -0.4 is 10.2 Å². The second-order valence-electron chi connectivity index (χ2n) is 7.27. The van der Waals surface area contributed by atoms with E-state index in [9.17, 15) is 4.79 Å². The Morgan fingerprint density at radius 2 is 1.96 bits per heavy atom. The first-order valence-electron chi connectivity index (χ1n) is 9.99. The summed E-state index contributed by atoms with van der Waals surface area (Å²) in [4.78, 5) is 23.8. The Bertz CT molecular complexity index is 722. The Balaban J connectivity index is 1.57. The van der Waals surface area contributed by atoms with Crippen LogP contribution in [0.1, 0.15) is 62.7 Å². The maximum Gasteiger partial charge on any atom is 0.225 e. The van der Waals surface area contributed by atoms with E-state index in [1.807, 2.05) is 32.3 Å². The van der Waals surface area contributed by atoms with Crippen molar-refractivity contribution in [2.75, 3.05) is 18.0 Å². The number of amides is 1. The molecule has 3 rings (SSSR count). The van der Waals surface area contributed by atoms with Crippen LogP contribution >= 0.6 is 0 Å². The molecule has 0 saturated carbocycles. The summed E-state index contributed by atoms with van der Waals surface area (Å²) in [5.41, 5.74) is 1.90. The number of carbonyl (C=O) groups is 1. The van der Waals surface area contributed by atoms with Crippen molar-refractivity contribution < 1.29 is 4.79 Å². The Hall–Kier alpha value is -2.44. The number of rotatable bonds is 6. The zero-order chi connectivity index (χ0) is 19.1. The third-order valence-electron chi connectivity index (χ3n) is 5.11. The first-order chi connectivity index (χ1) is 13.1. The van der Waals surface area contributed by atoms with Gasteiger partial charge in [0, 0.05) is 55.9 Å². The molecule has 3 heterocycles. The number of anilines is 1. The van der Waals surface area contributed by atoms with E-state index >= 15 is 0 Å². The van der Waals surface area contributed by atoms with Crippen molar-refractivity contribution in [2.24, 2.45) is 0 Å². The summed E-state index contributed by atoms with van der Waals surface area (Å²) in [7, 11) is 0. The summed E-state index contributed by atoms with van der Waals surface area (Å²) in [6.45, 7) is 6.61. The lowest BCUT2D eigenvalue weighted by atomic mass is 10.1. The molecule has 7 heteroatoms. The summed E-state index contributed by atoms with van der Waals surface area (Å²) in [5, 5.41) is 7.16. The average molecular weight is 371 g/mol. The summed E-state index contributed by atoms with van der Waals surface area (Å²) in [6, 6.07) is 1.74. The van der Waals surface area contributed by atoms with Crippen molar-refractivity contribution in [3.63, 3.8) is 0 Å². The van der Waals surface area contributed by atoms with E-state index in [1.165, 1.54) is 32.1 Å². The van der Waals surface area contributed by atoms with Crippen LogP contribution in [0.2, 0.25) is 0 Å². The molecule has 2 aromatic heterocycles. The molecular formula is C20H30N6O. The van der Waals surface area contributed by atoms with Gasteiger partial charge in [-0.2, -0.15) is 5.10 Å². The zero-order valence-electron chi connectivity index (χ0n) is 16.4. The van der Waals surface area contributed by atoms with Crippen LogP contribution in [0.5, 0.6) is 0 Å². The number of aryl methyl sites for hydroxylation is 2. The van der Waals surface area contributed by atoms with Gasteiger partial charge in [0.2, 0.25) is 11.9 Å². The maximum atomic E-state index is 12.2. The minimum atomic E-state index is -0.114. The number of hydrogen-bond acceptors (Lipinski definition) is 5. The van der Waals surface area contributed by atoms with Gasteiger partial charge < -0.3 is 10.2 Å². The molecule has 0 bridgehead atoms. The average Bonchev–Trinajstić information content (AvgIpc) is 3.13. The van der Waals surface area contributed by atoms with Crippen molar-refractivity contribution in [2.45, 2.75) is 65.0 Å². The largest absolute Gasteiger partial charge is 0.349 e. The fourth-order valence-corrected chi connectivity index (χ4v) is 3.53. The van der Waals surface area contributed by atoms with Crippen LogP contribution in [-0.4, -0.2) is 38.7 Å². The number of hydrogen-bond donors (Lipinski definition) is 1. The minimum Gasteiger partial charge on any atom is -0.349 e. The molecule has 1 aliphatic heterocycles. The van der Waals surface area contributed by atoms with E-state index in [0.29, 0.717) is 13.0 Å². The van der Waals surface area contributed by atoms with Crippen LogP contribution in [0.25, 0.3) is 0 Å². The summed E-state index contributed by atoms with van der Waals surface area (Å²) >= 11 is 0. The highest BCUT2D eigenvalue weighted by atomic mass is 16.1. The van der Waals surface area contributed by atoms with Gasteiger partial charge in [-0.25, -0.2) is 9.97 Å². The predicted octanol–water partition coefficient (Wildman–Crippen LogP) is 3.02. The predicted molar refractivity (Wildman–Crippen MR) is 105 cm³/mol. The van der Waals surface area contributed by atoms with Crippen molar-refractivity contribution in [3.8, 4) is 0 Å². The highest BCUT2D eigenvalue weighted by Crippen LogP contribution is 2.20. The van der Waals surface area contributed by atoms with Crippen LogP contribution in [0.15, 0.2) is 24.7 Å². The summed E-state index contributed by atoms with van der Waals surface area (Å²) in [5.74, 6) is 0.820. The molecule has 1 fully saturated rings. The van der Waals surface area contributed by atoms with Crippen molar-refractivity contribution in [3.05, 3.63) is 35.9 Å². The topological polar surface area (TPSA) is 75.9 Å². The van der Waals surface area contributed by atoms with Crippen LogP contribution in [0.3, 0.4) is 0 Å². The molecule has 7 nitrogen and oxygen atoms in total. The van der Waals surface area contributed by atoms with E-state index in [2.05, 4.69) is 20.3 Å². The Labute approximate surface area is 161 Å². The Morgan fingerprint density at radius 1 is 1.22 bits per heavy atom. The number of nitrogens with zero attached hydrogens (tertiary/aromatic N) is 5. The zero-order valence-corrected chi connectivity index (χ0v) is 16.4. The standard InChI is InChI=1S/C20H30N6O/c1-16(23-19(27)9-14-26-13-8-10-22-26)18-15-21-20(24-17(18)2)25-11-6-4-3-5-7-12-25/h8,10,13,15-16H,3-7,9,11-12,14H2,1-2H3,(H,23,27). The van der Waals surface area contributed by atoms with Gasteiger partial charge in [0.1, 0.15) is 0 Å². The van der Waals surface area contributed by atoms with Gasteiger partial charge in [0.05, 0.1) is 6.04 Å². The van der Waals surface area contributed by atoms with Gasteiger partial charge in [-0.05, 0) is 32.8 Å². The van der Waals surface area contributed by atoms with Crippen molar-refractivity contribution in [1.82, 2.24) is 25.1 Å². The lowest BCUT2D eigenvalue weighted by Gasteiger charge is -2.25. The molecule has 146 valence electrons. The fraction of sp³-hybridized carbons (Fsp3) is 0.600. The van der Waals surface area contributed by atoms with Gasteiger partial charge in [-0.15, -0.1) is 0 Å². The highest BCUT2D eigenvalue weighted by Gasteiger charge is 2.17. The van der Waals surface area contributed by atoms with E-state index in [1.54, 1.807) is 10.9 Å². The van der Waals surface area contributed by atoms with Gasteiger partial charge in [0.15, 0.2) is 0 Å². The second kappa shape index (κ2) is 9.48. The fourth-order valence-electron chi connectivity index (χ4n) is 3.53. The molecule has 1 saturated heterocycles. The molecule has 27 heavy (non-hydrogen) atoms. The molecule has 1 atom stereocenters. The second-order valence-corrected chi connectivity index (χ2v) is 7.27. The van der Waals surface area contributed by atoms with Gasteiger partial charge in [-0.1, -0.05) is 19.3 Å². The molecule has 0 aromatic carbocycles. The van der Waals surface area contributed by atoms with Crippen LogP contribution in [0.4, 0.5) is 5.95 Å². The third-order valence-corrected chi connectivity index (χ3v) is 5.11. The van der Waals surface area contributed by atoms with E-state index in [4.69, 9.17) is 4.98 Å². The molecule has 1 unspecified atom stereocenters. The molecular weight excluding hydrogens is 340 g/mol. The van der Waals surface area contributed by atoms with Crippen molar-refractivity contribution in [1.29, 1.82) is 0 Å². The normalized spacial score (nSPS) is 16.4. The number of carbonyl (C=O) groups excluding carboxylic acids is 1. The summed E-state index contributed by atoms with van der Waals surface area (Å²) < 4.78 is 1.76. The molecule has 0 aliphatic carbocycles. The maximum absolute atomic E-state index is 12.2. The first kappa shape index (κ1) is 19.3. The Morgan fingerprint density at radius 3 is 2.63 bits per heavy atom. The SMILES string of the molecule is Cc1nc(N2CCCCCCC2)ncc1C(C)NC(=O)CCn1cccn1. The molecule has 1 aliphatic rings. The molecule has 0 radical (unpaired) electrons. The lowest BCUT2D eigenvalue weighted by molar-refractivity contribution is -0.122. The summed E-state index contributed by atoms with van der Waals surface area (Å²) in [6.07, 6.45) is 12.2. The van der Waals surface area contributed by atoms with Gasteiger partial charge >= 0.3 is 0 Å². The van der Waals surface area contributed by atoms with Crippen LogP contribution in [-0.2, 0) is 11.3 Å². The number of aromatic nitrogens is 4. The van der Waals surface area contributed by atoms with E-state index in [0.717, 1.165) is 30.3 Å². The highest BCUT2D eigenvalue weighted by molar-refractivity contribution is 5.76. The minimum absolute atomic E-state index is 0.00486. The smallest absolute Gasteiger partial charge is 0.225 e. The van der Waals surface area contributed by atoms with E-state index < -0.39 is 0 Å². The van der Waals surface area contributed by atoms with Gasteiger partial charge in [-0.3, -0.25) is 9.48 Å². The monoisotopic (exact) mass is 370 g/mol. The van der Waals surface area contributed by atoms with Gasteiger partial charge in [0.25, 0.3) is 0 Å². The first-order valence-corrected chi connectivity index (χ1v) is 9.99. The van der Waals surface area contributed by atoms with Crippen LogP contribution in [0, 0.1) is 6.92 Å². The molecule has 0 spiro atoms. The molecule has 2 aromatic rings.